The molecule has 2 atom stereocenters. The standard InChI is InChI=1S/C15H25N3/c1-11-5-6-18(10-12(11)2)15-8-14(9-16-4)7-13(3)17-15/h7-8,11-12,16H,5-6,9-10H2,1-4H3. The zero-order valence-electron chi connectivity index (χ0n) is 12.0. The van der Waals surface area contributed by atoms with Crippen molar-refractivity contribution in [1.29, 1.82) is 0 Å². The molecule has 1 fully saturated rings. The van der Waals surface area contributed by atoms with Gasteiger partial charge in [0.05, 0.1) is 0 Å². The summed E-state index contributed by atoms with van der Waals surface area (Å²) in [6, 6.07) is 4.39. The zero-order chi connectivity index (χ0) is 13.1. The van der Waals surface area contributed by atoms with E-state index >= 15 is 0 Å². The van der Waals surface area contributed by atoms with Crippen LogP contribution in [-0.4, -0.2) is 25.1 Å². The highest BCUT2D eigenvalue weighted by molar-refractivity contribution is 5.43. The minimum atomic E-state index is 0.758. The fraction of sp³-hybridized carbons (Fsp3) is 0.667. The highest BCUT2D eigenvalue weighted by Gasteiger charge is 2.23. The fourth-order valence-corrected chi connectivity index (χ4v) is 2.66. The largest absolute Gasteiger partial charge is 0.356 e. The van der Waals surface area contributed by atoms with Crippen LogP contribution in [-0.2, 0) is 6.54 Å². The maximum Gasteiger partial charge on any atom is 0.129 e. The van der Waals surface area contributed by atoms with Crippen LogP contribution in [0.25, 0.3) is 0 Å². The van der Waals surface area contributed by atoms with E-state index in [0.29, 0.717) is 0 Å². The molecular weight excluding hydrogens is 222 g/mol. The van der Waals surface area contributed by atoms with Gasteiger partial charge in [-0.2, -0.15) is 0 Å². The van der Waals surface area contributed by atoms with Gasteiger partial charge in [-0.3, -0.25) is 0 Å². The van der Waals surface area contributed by atoms with Gasteiger partial charge in [-0.25, -0.2) is 4.98 Å². The zero-order valence-corrected chi connectivity index (χ0v) is 12.0. The average Bonchev–Trinajstić information content (AvgIpc) is 2.32. The van der Waals surface area contributed by atoms with Crippen molar-refractivity contribution in [2.75, 3.05) is 25.0 Å². The Bertz CT molecular complexity index is 403. The molecule has 0 saturated carbocycles. The summed E-state index contributed by atoms with van der Waals surface area (Å²) in [5.74, 6) is 2.75. The van der Waals surface area contributed by atoms with Crippen molar-refractivity contribution in [2.45, 2.75) is 33.7 Å². The summed E-state index contributed by atoms with van der Waals surface area (Å²) >= 11 is 0. The summed E-state index contributed by atoms with van der Waals surface area (Å²) in [4.78, 5) is 7.14. The lowest BCUT2D eigenvalue weighted by atomic mass is 9.89. The van der Waals surface area contributed by atoms with Gasteiger partial charge in [0.25, 0.3) is 0 Å². The van der Waals surface area contributed by atoms with E-state index in [4.69, 9.17) is 4.98 Å². The second kappa shape index (κ2) is 5.70. The van der Waals surface area contributed by atoms with Crippen LogP contribution < -0.4 is 10.2 Å². The number of nitrogens with zero attached hydrogens (tertiary/aromatic N) is 2. The number of anilines is 1. The Balaban J connectivity index is 2.17. The van der Waals surface area contributed by atoms with Crippen molar-refractivity contribution in [3.8, 4) is 0 Å². The lowest BCUT2D eigenvalue weighted by Crippen LogP contribution is -2.39. The molecule has 3 heteroatoms. The summed E-state index contributed by atoms with van der Waals surface area (Å²) in [5.41, 5.74) is 2.44. The Morgan fingerprint density at radius 3 is 2.78 bits per heavy atom. The van der Waals surface area contributed by atoms with E-state index in [9.17, 15) is 0 Å². The summed E-state index contributed by atoms with van der Waals surface area (Å²) in [5, 5.41) is 3.21. The number of hydrogen-bond donors (Lipinski definition) is 1. The van der Waals surface area contributed by atoms with Crippen molar-refractivity contribution in [2.24, 2.45) is 11.8 Å². The molecule has 3 nitrogen and oxygen atoms in total. The molecule has 18 heavy (non-hydrogen) atoms. The van der Waals surface area contributed by atoms with E-state index in [-0.39, 0.29) is 0 Å². The van der Waals surface area contributed by atoms with E-state index in [1.165, 1.54) is 12.0 Å². The van der Waals surface area contributed by atoms with Crippen molar-refractivity contribution >= 4 is 5.82 Å². The number of piperidine rings is 1. The minimum absolute atomic E-state index is 0.758. The van der Waals surface area contributed by atoms with Gasteiger partial charge >= 0.3 is 0 Å². The second-order valence-corrected chi connectivity index (χ2v) is 5.69. The third-order valence-corrected chi connectivity index (χ3v) is 4.04. The van der Waals surface area contributed by atoms with Crippen LogP contribution in [0.3, 0.4) is 0 Å². The van der Waals surface area contributed by atoms with Gasteiger partial charge in [0, 0.05) is 25.3 Å². The average molecular weight is 247 g/mol. The molecule has 0 spiro atoms. The third kappa shape index (κ3) is 3.02. The topological polar surface area (TPSA) is 28.2 Å². The summed E-state index contributed by atoms with van der Waals surface area (Å²) in [7, 11) is 1.99. The summed E-state index contributed by atoms with van der Waals surface area (Å²) < 4.78 is 0. The normalized spacial score (nSPS) is 24.3. The van der Waals surface area contributed by atoms with E-state index in [1.54, 1.807) is 0 Å². The summed E-state index contributed by atoms with van der Waals surface area (Å²) in [6.45, 7) is 9.98. The molecule has 1 aromatic rings. The minimum Gasteiger partial charge on any atom is -0.356 e. The van der Waals surface area contributed by atoms with Crippen LogP contribution in [0, 0.1) is 18.8 Å². The highest BCUT2D eigenvalue weighted by atomic mass is 15.2. The Kier molecular flexibility index (Phi) is 4.23. The van der Waals surface area contributed by atoms with Crippen molar-refractivity contribution in [1.82, 2.24) is 10.3 Å². The Morgan fingerprint density at radius 2 is 2.11 bits per heavy atom. The van der Waals surface area contributed by atoms with Gasteiger partial charge in [-0.1, -0.05) is 13.8 Å². The van der Waals surface area contributed by atoms with Gasteiger partial charge in [-0.05, 0) is 49.9 Å². The van der Waals surface area contributed by atoms with E-state index < -0.39 is 0 Å². The molecule has 1 aliphatic rings. The predicted molar refractivity (Wildman–Crippen MR) is 76.9 cm³/mol. The van der Waals surface area contributed by atoms with Crippen LogP contribution in [0.5, 0.6) is 0 Å². The monoisotopic (exact) mass is 247 g/mol. The van der Waals surface area contributed by atoms with Crippen molar-refractivity contribution in [3.63, 3.8) is 0 Å². The molecule has 1 N–H and O–H groups in total. The van der Waals surface area contributed by atoms with Crippen LogP contribution in [0.4, 0.5) is 5.82 Å². The Hall–Kier alpha value is -1.09. The van der Waals surface area contributed by atoms with Gasteiger partial charge in [0.15, 0.2) is 0 Å². The lowest BCUT2D eigenvalue weighted by Gasteiger charge is -2.36. The maximum absolute atomic E-state index is 4.70. The number of nitrogens with one attached hydrogen (secondary N) is 1. The SMILES string of the molecule is CNCc1cc(C)nc(N2CCC(C)C(C)C2)c1. The third-order valence-electron chi connectivity index (χ3n) is 4.04. The quantitative estimate of drug-likeness (QED) is 0.890. The fourth-order valence-electron chi connectivity index (χ4n) is 2.66. The van der Waals surface area contributed by atoms with Crippen molar-refractivity contribution < 1.29 is 0 Å². The molecule has 0 amide bonds. The van der Waals surface area contributed by atoms with Gasteiger partial charge < -0.3 is 10.2 Å². The van der Waals surface area contributed by atoms with Gasteiger partial charge in [-0.15, -0.1) is 0 Å². The maximum atomic E-state index is 4.70. The molecule has 0 bridgehead atoms. The molecule has 0 radical (unpaired) electrons. The number of aryl methyl sites for hydroxylation is 1. The van der Waals surface area contributed by atoms with Crippen LogP contribution in [0.2, 0.25) is 0 Å². The molecule has 2 heterocycles. The van der Waals surface area contributed by atoms with Crippen molar-refractivity contribution in [3.05, 3.63) is 23.4 Å². The molecule has 1 saturated heterocycles. The number of rotatable bonds is 3. The second-order valence-electron chi connectivity index (χ2n) is 5.69. The number of hydrogen-bond acceptors (Lipinski definition) is 3. The molecule has 2 unspecified atom stereocenters. The number of pyridine rings is 1. The number of aromatic nitrogens is 1. The molecule has 100 valence electrons. The van der Waals surface area contributed by atoms with E-state index in [2.05, 4.69) is 43.1 Å². The van der Waals surface area contributed by atoms with E-state index in [0.717, 1.165) is 43.0 Å². The molecule has 0 aliphatic carbocycles. The van der Waals surface area contributed by atoms with Crippen LogP contribution in [0.15, 0.2) is 12.1 Å². The first-order chi connectivity index (χ1) is 8.60. The molecule has 0 aromatic carbocycles. The molecule has 2 rings (SSSR count). The Morgan fingerprint density at radius 1 is 1.33 bits per heavy atom. The molecule has 1 aliphatic heterocycles. The van der Waals surface area contributed by atoms with E-state index in [1.807, 2.05) is 7.05 Å². The predicted octanol–water partition coefficient (Wildman–Crippen LogP) is 2.59. The molecular formula is C15H25N3. The van der Waals surface area contributed by atoms with Gasteiger partial charge in [0.2, 0.25) is 0 Å². The Labute approximate surface area is 111 Å². The first kappa shape index (κ1) is 13.3. The first-order valence-electron chi connectivity index (χ1n) is 6.97. The lowest BCUT2D eigenvalue weighted by molar-refractivity contribution is 0.322. The summed E-state index contributed by atoms with van der Waals surface area (Å²) in [6.07, 6.45) is 1.28. The van der Waals surface area contributed by atoms with Crippen LogP contribution in [0.1, 0.15) is 31.5 Å². The first-order valence-corrected chi connectivity index (χ1v) is 6.97. The molecule has 1 aromatic heterocycles. The van der Waals surface area contributed by atoms with Crippen LogP contribution >= 0.6 is 0 Å². The van der Waals surface area contributed by atoms with Gasteiger partial charge in [0.1, 0.15) is 5.82 Å². The smallest absolute Gasteiger partial charge is 0.129 e. The highest BCUT2D eigenvalue weighted by Crippen LogP contribution is 2.26.